The molecule has 24 N–H and O–H groups in total. The van der Waals surface area contributed by atoms with E-state index in [0.29, 0.717) is 12.3 Å². The molecule has 0 amide bonds. The zero-order chi connectivity index (χ0) is 40.7. The van der Waals surface area contributed by atoms with Gasteiger partial charge in [0.25, 0.3) is 0 Å². The second-order valence-electron chi connectivity index (χ2n) is 8.35. The molecule has 0 aliphatic rings. The standard InChI is InChI=1S/C6H13NO2.C3H7NO2S.2C3H7NO2.4C2H5NO2.Cu/c1-4(2)3-5(7)6(8)9;4-2(1-7)3(5)6;2*1-2(4)3(5)6;4*3-1-2(4)5;/h4-5H,3,7H2,1-2H3,(H,8,9);2,7H,1,4H2,(H,5,6);2*2H,4H2,1H3,(H,5,6);4*1,3H2,(H,4,5);/t5-;3*2-;;;;;/m0000...../s1. The van der Waals surface area contributed by atoms with E-state index >= 15 is 0 Å². The normalized spacial score (nSPS) is 10.8. The first kappa shape index (κ1) is 67.5. The van der Waals surface area contributed by atoms with Crippen molar-refractivity contribution < 1.29 is 96.3 Å². The molecule has 0 rings (SSSR count). The quantitative estimate of drug-likeness (QED) is 0.0686. The van der Waals surface area contributed by atoms with Crippen LogP contribution in [-0.2, 0) is 55.4 Å². The average molecular weight is 794 g/mol. The Morgan fingerprint density at radius 1 is 0.469 bits per heavy atom. The number of hydrogen-bond acceptors (Lipinski definition) is 17. The van der Waals surface area contributed by atoms with Gasteiger partial charge in [0.1, 0.15) is 24.2 Å². The molecule has 299 valence electrons. The van der Waals surface area contributed by atoms with Crippen molar-refractivity contribution in [2.75, 3.05) is 31.9 Å². The van der Waals surface area contributed by atoms with Gasteiger partial charge < -0.3 is 86.7 Å². The third kappa shape index (κ3) is 115. The molecule has 26 heteroatoms. The summed E-state index contributed by atoms with van der Waals surface area (Å²) in [6, 6.07) is -2.97. The molecule has 49 heavy (non-hydrogen) atoms. The van der Waals surface area contributed by atoms with E-state index < -0.39 is 71.9 Å². The number of hydrogen-bond donors (Lipinski definition) is 17. The van der Waals surface area contributed by atoms with Crippen LogP contribution in [0.15, 0.2) is 0 Å². The Balaban J connectivity index is -0.0000000537. The van der Waals surface area contributed by atoms with Crippen LogP contribution >= 0.6 is 12.6 Å². The molecule has 0 fully saturated rings. The Labute approximate surface area is 298 Å². The summed E-state index contributed by atoms with van der Waals surface area (Å²) in [5.74, 6) is -7.17. The number of nitrogens with two attached hydrogens (primary N) is 8. The molecule has 0 saturated heterocycles. The van der Waals surface area contributed by atoms with Crippen LogP contribution in [0.2, 0.25) is 0 Å². The Bertz CT molecular complexity index is 814. The van der Waals surface area contributed by atoms with Gasteiger partial charge in [0, 0.05) is 22.8 Å². The number of carboxylic acid groups (broad SMARTS) is 8. The number of carbonyl (C=O) groups is 8. The first-order chi connectivity index (χ1) is 21.6. The largest absolute Gasteiger partial charge is 0.480 e. The van der Waals surface area contributed by atoms with Crippen molar-refractivity contribution >= 4 is 60.4 Å². The van der Waals surface area contributed by atoms with Gasteiger partial charge in [-0.05, 0) is 26.2 Å². The van der Waals surface area contributed by atoms with Crippen LogP contribution < -0.4 is 45.9 Å². The SMILES string of the molecule is CC(C)C[C@H](N)C(=O)O.C[C@H](N)C(=O)O.C[C@H](N)C(=O)O.NCC(=O)O.NCC(=O)O.NCC(=O)O.NCC(=O)O.N[C@@H](CS)C(=O)O.[Cu]. The summed E-state index contributed by atoms with van der Waals surface area (Å²) in [6.07, 6.45) is 0.551. The van der Waals surface area contributed by atoms with E-state index in [1.807, 2.05) is 13.8 Å². The summed E-state index contributed by atoms with van der Waals surface area (Å²) in [7, 11) is 0. The van der Waals surface area contributed by atoms with Crippen molar-refractivity contribution in [1.29, 1.82) is 0 Å². The van der Waals surface area contributed by atoms with Crippen molar-refractivity contribution in [3.05, 3.63) is 0 Å². The van der Waals surface area contributed by atoms with E-state index in [2.05, 4.69) is 35.6 Å². The van der Waals surface area contributed by atoms with E-state index in [9.17, 15) is 38.4 Å². The molecule has 0 aromatic heterocycles. The molecule has 0 aliphatic carbocycles. The molecule has 0 bridgehead atoms. The fraction of sp³-hybridized carbons (Fsp3) is 0.652. The molecular formula is C23H54CuN8O16S. The number of aliphatic carboxylic acids is 8. The van der Waals surface area contributed by atoms with Gasteiger partial charge in [-0.15, -0.1) is 0 Å². The van der Waals surface area contributed by atoms with Gasteiger partial charge in [-0.2, -0.15) is 12.6 Å². The summed E-state index contributed by atoms with van der Waals surface area (Å²) in [5, 5.41) is 62.4. The maximum Gasteiger partial charge on any atom is 0.321 e. The van der Waals surface area contributed by atoms with Crippen LogP contribution in [0.1, 0.15) is 34.1 Å². The van der Waals surface area contributed by atoms with Crippen molar-refractivity contribution in [1.82, 2.24) is 0 Å². The van der Waals surface area contributed by atoms with E-state index in [1.54, 1.807) is 0 Å². The molecule has 1 radical (unpaired) electrons. The smallest absolute Gasteiger partial charge is 0.321 e. The predicted octanol–water partition coefficient (Wildman–Crippen LogP) is -5.27. The summed E-state index contributed by atoms with van der Waals surface area (Å²) in [4.78, 5) is 76.0. The summed E-state index contributed by atoms with van der Waals surface area (Å²) in [5.41, 5.74) is 38.1. The van der Waals surface area contributed by atoms with Gasteiger partial charge in [-0.3, -0.25) is 38.4 Å². The monoisotopic (exact) mass is 793 g/mol. The Kier molecular flexibility index (Phi) is 67.1. The summed E-state index contributed by atoms with van der Waals surface area (Å²) in [6.45, 7) is 5.62. The second kappa shape index (κ2) is 48.7. The molecule has 24 nitrogen and oxygen atoms in total. The van der Waals surface area contributed by atoms with Gasteiger partial charge in [0.05, 0.1) is 26.2 Å². The molecule has 0 saturated carbocycles. The summed E-state index contributed by atoms with van der Waals surface area (Å²) < 4.78 is 0. The predicted molar refractivity (Wildman–Crippen MR) is 174 cm³/mol. The zero-order valence-corrected chi connectivity index (χ0v) is 29.2. The van der Waals surface area contributed by atoms with Gasteiger partial charge >= 0.3 is 47.8 Å². The van der Waals surface area contributed by atoms with E-state index in [1.165, 1.54) is 13.8 Å². The minimum atomic E-state index is -1.00. The maximum absolute atomic E-state index is 10.1. The number of rotatable bonds is 11. The molecule has 0 aliphatic heterocycles. The van der Waals surface area contributed by atoms with Crippen molar-refractivity contribution in [3.63, 3.8) is 0 Å². The third-order valence-electron chi connectivity index (χ3n) is 3.03. The Morgan fingerprint density at radius 2 is 0.633 bits per heavy atom. The zero-order valence-electron chi connectivity index (χ0n) is 27.3. The van der Waals surface area contributed by atoms with Crippen molar-refractivity contribution in [2.24, 2.45) is 51.8 Å². The van der Waals surface area contributed by atoms with Gasteiger partial charge in [-0.25, -0.2) is 0 Å². The molecular weight excluding hydrogens is 740 g/mol. The van der Waals surface area contributed by atoms with Crippen molar-refractivity contribution in [2.45, 2.75) is 58.3 Å². The summed E-state index contributed by atoms with van der Waals surface area (Å²) >= 11 is 3.65. The Hall–Kier alpha value is -3.69. The van der Waals surface area contributed by atoms with Crippen molar-refractivity contribution in [3.8, 4) is 0 Å². The van der Waals surface area contributed by atoms with Crippen LogP contribution in [0.4, 0.5) is 0 Å². The van der Waals surface area contributed by atoms with E-state index in [4.69, 9.17) is 63.8 Å². The van der Waals surface area contributed by atoms with Crippen LogP contribution in [-0.4, -0.2) is 145 Å². The fourth-order valence-electron chi connectivity index (χ4n) is 0.687. The first-order valence-corrected chi connectivity index (χ1v) is 13.4. The van der Waals surface area contributed by atoms with Gasteiger partial charge in [0.2, 0.25) is 0 Å². The molecule has 0 heterocycles. The van der Waals surface area contributed by atoms with Crippen LogP contribution in [0, 0.1) is 5.92 Å². The molecule has 0 aromatic carbocycles. The minimum Gasteiger partial charge on any atom is -0.480 e. The van der Waals surface area contributed by atoms with E-state index in [0.717, 1.165) is 0 Å². The molecule has 0 aromatic rings. The first-order valence-electron chi connectivity index (χ1n) is 12.8. The maximum atomic E-state index is 10.1. The number of thiol groups is 1. The van der Waals surface area contributed by atoms with Gasteiger partial charge in [0.15, 0.2) is 0 Å². The van der Waals surface area contributed by atoms with E-state index in [-0.39, 0.29) is 49.0 Å². The Morgan fingerprint density at radius 3 is 0.653 bits per heavy atom. The average Bonchev–Trinajstić information content (AvgIpc) is 2.98. The number of carboxylic acids is 8. The van der Waals surface area contributed by atoms with Crippen LogP contribution in [0.5, 0.6) is 0 Å². The van der Waals surface area contributed by atoms with Crippen LogP contribution in [0.25, 0.3) is 0 Å². The molecule has 0 spiro atoms. The third-order valence-corrected chi connectivity index (χ3v) is 3.43. The topological polar surface area (TPSA) is 507 Å². The van der Waals surface area contributed by atoms with Gasteiger partial charge in [-0.1, -0.05) is 13.8 Å². The van der Waals surface area contributed by atoms with Crippen LogP contribution in [0.3, 0.4) is 0 Å². The second-order valence-corrected chi connectivity index (χ2v) is 8.71. The molecule has 0 unspecified atom stereocenters. The minimum absolute atomic E-state index is 0. The fourth-order valence-corrected chi connectivity index (χ4v) is 0.843. The molecule has 4 atom stereocenters.